The molecular weight excluding hydrogens is 444 g/mol. The van der Waals surface area contributed by atoms with E-state index in [-0.39, 0.29) is 175 Å². The number of rotatable bonds is 3. The number of hydrogen-bond donors (Lipinski definition) is 0. The summed E-state index contributed by atoms with van der Waals surface area (Å²) in [5, 5.41) is 33.7. The average Bonchev–Trinajstić information content (AvgIpc) is 2.21. The van der Waals surface area contributed by atoms with E-state index in [4.69, 9.17) is 9.47 Å². The monoisotopic (exact) mass is 458 g/mol. The van der Waals surface area contributed by atoms with Gasteiger partial charge in [-0.15, -0.1) is 12.7 Å². The van der Waals surface area contributed by atoms with Crippen LogP contribution >= 0.6 is 0 Å². The summed E-state index contributed by atoms with van der Waals surface area (Å²) in [6.07, 6.45) is -4.00. The normalized spacial score (nSPS) is 36.2. The van der Waals surface area contributed by atoms with Crippen molar-refractivity contribution in [1.29, 1.82) is 0 Å². The van der Waals surface area contributed by atoms with Gasteiger partial charge < -0.3 is 24.8 Å². The summed E-state index contributed by atoms with van der Waals surface area (Å²) in [7, 11) is 1.30. The molecule has 0 aromatic rings. The Morgan fingerprint density at radius 3 is 2.00 bits per heavy atom. The van der Waals surface area contributed by atoms with Gasteiger partial charge in [-0.1, -0.05) is 19.4 Å². The SMILES string of the molecule is CC[C@@H]1C(C[O-])O[C@@H](OC)C([O-])[C@H]1[O-].[Rb+].[Rb+].[Rb+]. The molecule has 0 aliphatic carbocycles. The zero-order chi connectivity index (χ0) is 10.7. The van der Waals surface area contributed by atoms with Gasteiger partial charge >= 0.3 is 175 Å². The fourth-order valence-corrected chi connectivity index (χ4v) is 1.81. The third kappa shape index (κ3) is 8.04. The molecule has 1 aliphatic heterocycles. The molecule has 0 aromatic carbocycles. The Bertz CT molecular complexity index is 184. The van der Waals surface area contributed by atoms with Gasteiger partial charge in [0.15, 0.2) is 0 Å². The third-order valence-electron chi connectivity index (χ3n) is 2.67. The minimum Gasteiger partial charge on any atom is -0.853 e. The Morgan fingerprint density at radius 2 is 1.65 bits per heavy atom. The van der Waals surface area contributed by atoms with Crippen LogP contribution in [0.1, 0.15) is 13.3 Å². The van der Waals surface area contributed by atoms with Crippen molar-refractivity contribution >= 4 is 0 Å². The molecule has 84 valence electrons. The summed E-state index contributed by atoms with van der Waals surface area (Å²) in [5.41, 5.74) is 0. The summed E-state index contributed by atoms with van der Waals surface area (Å²) in [6.45, 7) is 1.28. The first-order chi connectivity index (χ1) is 6.65. The zero-order valence-corrected chi connectivity index (χ0v) is 26.1. The summed E-state index contributed by atoms with van der Waals surface area (Å²) in [6, 6.07) is 0. The Hall–Kier alpha value is 5.22. The molecule has 1 rings (SSSR count). The van der Waals surface area contributed by atoms with Crippen LogP contribution in [-0.2, 0) is 9.47 Å². The van der Waals surface area contributed by atoms with Crippen LogP contribution in [0, 0.1) is 5.92 Å². The molecular formula is C9H15O5Rb3. The Balaban J connectivity index is -0.000000653. The summed E-state index contributed by atoms with van der Waals surface area (Å²) < 4.78 is 9.85. The first-order valence-electron chi connectivity index (χ1n) is 4.73. The number of methoxy groups -OCH3 is 1. The van der Waals surface area contributed by atoms with E-state index in [1.165, 1.54) is 7.11 Å². The van der Waals surface area contributed by atoms with Crippen LogP contribution in [0.4, 0.5) is 0 Å². The van der Waals surface area contributed by atoms with E-state index in [1.54, 1.807) is 6.92 Å². The molecule has 0 spiro atoms. The molecule has 8 heteroatoms. The molecule has 0 aromatic heterocycles. The van der Waals surface area contributed by atoms with Crippen molar-refractivity contribution in [2.24, 2.45) is 5.92 Å². The molecule has 1 aliphatic rings. The quantitative estimate of drug-likeness (QED) is 0.418. The first-order valence-corrected chi connectivity index (χ1v) is 4.73. The standard InChI is InChI=1S/C9H15O5.3Rb/c1-3-5-6(4-10)14-9(13-2)8(12)7(5)11;;;/h5-9H,3-4H2,1-2H3;;;/q-3;3*+1/t5-,6?,7+,8?,9-;;;/m1.../s1. The second-order valence-corrected chi connectivity index (χ2v) is 3.45. The fourth-order valence-electron chi connectivity index (χ4n) is 1.81. The topological polar surface area (TPSA) is 87.6 Å². The van der Waals surface area contributed by atoms with Crippen molar-refractivity contribution in [2.45, 2.75) is 37.9 Å². The van der Waals surface area contributed by atoms with Gasteiger partial charge in [0.05, 0.1) is 0 Å². The van der Waals surface area contributed by atoms with Crippen molar-refractivity contribution in [3.8, 4) is 0 Å². The third-order valence-corrected chi connectivity index (χ3v) is 2.67. The van der Waals surface area contributed by atoms with Crippen LogP contribution in [0.3, 0.4) is 0 Å². The first kappa shape index (κ1) is 27.1. The number of hydrogen-bond acceptors (Lipinski definition) is 5. The molecule has 1 saturated heterocycles. The molecule has 1 heterocycles. The van der Waals surface area contributed by atoms with Crippen LogP contribution in [0.5, 0.6) is 0 Å². The predicted octanol–water partition coefficient (Wildman–Crippen LogP) is -11.8. The fraction of sp³-hybridized carbons (Fsp3) is 1.00. The van der Waals surface area contributed by atoms with Gasteiger partial charge in [0, 0.05) is 13.2 Å². The smallest absolute Gasteiger partial charge is 0.853 e. The summed E-state index contributed by atoms with van der Waals surface area (Å²) >= 11 is 0. The number of ether oxygens (including phenoxy) is 2. The van der Waals surface area contributed by atoms with Crippen LogP contribution in [0.2, 0.25) is 0 Å². The van der Waals surface area contributed by atoms with E-state index in [0.29, 0.717) is 6.42 Å². The molecule has 1 fully saturated rings. The average molecular weight is 460 g/mol. The van der Waals surface area contributed by atoms with Crippen molar-refractivity contribution < 1.29 is 199 Å². The van der Waals surface area contributed by atoms with Crippen LogP contribution < -0.4 is 190 Å². The summed E-state index contributed by atoms with van der Waals surface area (Å²) in [4.78, 5) is 0. The van der Waals surface area contributed by atoms with Crippen molar-refractivity contribution in [3.05, 3.63) is 0 Å². The van der Waals surface area contributed by atoms with Crippen molar-refractivity contribution in [2.75, 3.05) is 13.7 Å². The van der Waals surface area contributed by atoms with Crippen LogP contribution in [0.25, 0.3) is 0 Å². The molecule has 5 nitrogen and oxygen atoms in total. The molecule has 17 heavy (non-hydrogen) atoms. The molecule has 0 radical (unpaired) electrons. The van der Waals surface area contributed by atoms with Gasteiger partial charge in [-0.05, 0) is 5.92 Å². The Morgan fingerprint density at radius 1 is 1.12 bits per heavy atom. The Labute approximate surface area is 249 Å². The van der Waals surface area contributed by atoms with Gasteiger partial charge in [-0.25, -0.2) is 0 Å². The summed E-state index contributed by atoms with van der Waals surface area (Å²) in [5.74, 6) is -0.485. The molecule has 2 unspecified atom stereocenters. The van der Waals surface area contributed by atoms with E-state index in [2.05, 4.69) is 0 Å². The second kappa shape index (κ2) is 14.8. The largest absolute Gasteiger partial charge is 1.00 e. The second-order valence-electron chi connectivity index (χ2n) is 3.45. The predicted molar refractivity (Wildman–Crippen MR) is 41.9 cm³/mol. The molecule has 5 atom stereocenters. The maximum atomic E-state index is 11.6. The van der Waals surface area contributed by atoms with Gasteiger partial charge in [-0.3, -0.25) is 0 Å². The van der Waals surface area contributed by atoms with Gasteiger partial charge in [0.25, 0.3) is 0 Å². The minimum atomic E-state index is -1.44. The van der Waals surface area contributed by atoms with Crippen molar-refractivity contribution in [1.82, 2.24) is 0 Å². The maximum absolute atomic E-state index is 11.6. The van der Waals surface area contributed by atoms with Crippen molar-refractivity contribution in [3.63, 3.8) is 0 Å². The van der Waals surface area contributed by atoms with E-state index < -0.39 is 37.1 Å². The van der Waals surface area contributed by atoms with E-state index >= 15 is 0 Å². The maximum Gasteiger partial charge on any atom is 1.00 e. The van der Waals surface area contributed by atoms with Crippen LogP contribution in [0.15, 0.2) is 0 Å². The molecule has 0 saturated carbocycles. The molecule has 0 N–H and O–H groups in total. The van der Waals surface area contributed by atoms with E-state index in [0.717, 1.165) is 0 Å². The molecule has 0 bridgehead atoms. The zero-order valence-electron chi connectivity index (χ0n) is 11.3. The van der Waals surface area contributed by atoms with E-state index in [1.807, 2.05) is 0 Å². The Kier molecular flexibility index (Phi) is 23.6. The van der Waals surface area contributed by atoms with Gasteiger partial charge in [-0.2, -0.15) is 0 Å². The van der Waals surface area contributed by atoms with Gasteiger partial charge in [0.2, 0.25) is 0 Å². The van der Waals surface area contributed by atoms with E-state index in [9.17, 15) is 15.3 Å². The van der Waals surface area contributed by atoms with Gasteiger partial charge in [0.1, 0.15) is 6.29 Å². The molecule has 0 amide bonds. The van der Waals surface area contributed by atoms with Crippen LogP contribution in [-0.4, -0.2) is 38.3 Å². The minimum absolute atomic E-state index is 0.